The molecule has 0 N–H and O–H groups in total. The minimum atomic E-state index is -0.500. The summed E-state index contributed by atoms with van der Waals surface area (Å²) in [5.74, 6) is 0. The van der Waals surface area contributed by atoms with E-state index >= 15 is 0 Å². The van der Waals surface area contributed by atoms with Crippen molar-refractivity contribution in [3.63, 3.8) is 0 Å². The third kappa shape index (κ3) is 466. The molecule has 0 aliphatic rings. The van der Waals surface area contributed by atoms with Gasteiger partial charge in [0.1, 0.15) is 0 Å². The molecule has 4 nitrogen and oxygen atoms in total. The van der Waals surface area contributed by atoms with Crippen molar-refractivity contribution in [2.75, 3.05) is 0 Å². The van der Waals surface area contributed by atoms with Crippen molar-refractivity contribution in [3.05, 3.63) is 0 Å². The quantitative estimate of drug-likeness (QED) is 0.301. The van der Waals surface area contributed by atoms with Crippen LogP contribution in [0.15, 0.2) is 0 Å². The van der Waals surface area contributed by atoms with Crippen molar-refractivity contribution < 1.29 is 71.7 Å². The smallest absolute Gasteiger partial charge is 0.554 e. The summed E-state index contributed by atoms with van der Waals surface area (Å²) >= 11 is 0. The van der Waals surface area contributed by atoms with Crippen LogP contribution in [0.1, 0.15) is 0 Å². The van der Waals surface area contributed by atoms with Gasteiger partial charge in [0.2, 0.25) is 0 Å². The fraction of sp³-hybridized carbons (Fsp3) is 0. The zero-order valence-electron chi connectivity index (χ0n) is 4.09. The second kappa shape index (κ2) is 47.7. The first-order chi connectivity index (χ1) is 2.83. The molecule has 0 heterocycles. The van der Waals surface area contributed by atoms with E-state index in [4.69, 9.17) is 19.8 Å². The van der Waals surface area contributed by atoms with Crippen LogP contribution in [0.4, 0.5) is 0 Å². The Kier molecular flexibility index (Phi) is 139. The van der Waals surface area contributed by atoms with Gasteiger partial charge in [-0.3, -0.25) is 0 Å². The first-order valence-electron chi connectivity index (χ1n) is 0.943. The van der Waals surface area contributed by atoms with Crippen molar-refractivity contribution in [2.45, 2.75) is 0 Å². The van der Waals surface area contributed by atoms with Crippen LogP contribution < -0.4 is 39.8 Å². The van der Waals surface area contributed by atoms with Crippen molar-refractivity contribution >= 4 is 12.9 Å². The number of carbonyl (C=O) groups is 2. The Bertz CT molecular complexity index is 35.0. The minimum absolute atomic E-state index is 0. The molecule has 0 radical (unpaired) electrons. The second-order valence-corrected chi connectivity index (χ2v) is 0.192. The summed E-state index contributed by atoms with van der Waals surface area (Å²) in [7, 11) is 0. The van der Waals surface area contributed by atoms with E-state index in [0.29, 0.717) is 0 Å². The largest absolute Gasteiger partial charge is 1.00 e. The molecule has 0 fully saturated rings. The predicted molar refractivity (Wildman–Crippen MR) is 12.1 cm³/mol. The zero-order chi connectivity index (χ0) is 5.41. The van der Waals surface area contributed by atoms with Crippen LogP contribution >= 0.6 is 0 Å². The number of carboxylic acid groups (broad SMARTS) is 2. The Hall–Kier alpha value is 0.680. The molecule has 6 heteroatoms. The SMILES string of the molecule is O=C[O-].O=C[O-].[Ag+].[Na+]. The van der Waals surface area contributed by atoms with Gasteiger partial charge < -0.3 is 19.8 Å². The molecule has 0 bridgehead atoms. The Morgan fingerprint density at radius 1 is 1.00 bits per heavy atom. The first-order valence-corrected chi connectivity index (χ1v) is 0.943. The maximum Gasteiger partial charge on any atom is 1.00 e. The molecule has 8 heavy (non-hydrogen) atoms. The first kappa shape index (κ1) is 23.4. The molecule has 0 aromatic heterocycles. The van der Waals surface area contributed by atoms with Crippen molar-refractivity contribution in [1.29, 1.82) is 0 Å². The Morgan fingerprint density at radius 3 is 1.00 bits per heavy atom. The van der Waals surface area contributed by atoms with Gasteiger partial charge in [0.05, 0.1) is 0 Å². The van der Waals surface area contributed by atoms with E-state index in [9.17, 15) is 0 Å². The van der Waals surface area contributed by atoms with E-state index in [0.717, 1.165) is 0 Å². The molecule has 0 atom stereocenters. The molecular formula is C2H2AgNaO4. The van der Waals surface area contributed by atoms with Crippen LogP contribution in [0.2, 0.25) is 0 Å². The number of hydrogen-bond donors (Lipinski definition) is 0. The molecule has 0 saturated heterocycles. The third-order valence-electron chi connectivity index (χ3n) is 0. The Labute approximate surface area is 84.1 Å². The van der Waals surface area contributed by atoms with Gasteiger partial charge in [-0.15, -0.1) is 0 Å². The van der Waals surface area contributed by atoms with Crippen LogP contribution in [0.3, 0.4) is 0 Å². The summed E-state index contributed by atoms with van der Waals surface area (Å²) in [5.41, 5.74) is 0. The molecule has 0 aromatic carbocycles. The molecule has 0 unspecified atom stereocenters. The summed E-state index contributed by atoms with van der Waals surface area (Å²) in [5, 5.41) is 16.5. The van der Waals surface area contributed by atoms with Crippen LogP contribution in [0.5, 0.6) is 0 Å². The van der Waals surface area contributed by atoms with E-state index in [1.54, 1.807) is 0 Å². The van der Waals surface area contributed by atoms with Gasteiger partial charge in [-0.1, -0.05) is 0 Å². The Balaban J connectivity index is -0.0000000160. The fourth-order valence-electron chi connectivity index (χ4n) is 0. The maximum absolute atomic E-state index is 8.25. The Morgan fingerprint density at radius 2 is 1.00 bits per heavy atom. The maximum atomic E-state index is 8.25. The topological polar surface area (TPSA) is 80.3 Å². The van der Waals surface area contributed by atoms with Crippen LogP contribution in [0.25, 0.3) is 0 Å². The normalized spacial score (nSPS) is 3.00. The number of rotatable bonds is 0. The van der Waals surface area contributed by atoms with Gasteiger partial charge in [0.15, 0.2) is 0 Å². The van der Waals surface area contributed by atoms with Crippen LogP contribution in [-0.4, -0.2) is 12.9 Å². The van der Waals surface area contributed by atoms with Crippen LogP contribution in [-0.2, 0) is 32.0 Å². The third-order valence-corrected chi connectivity index (χ3v) is 0. The molecule has 0 saturated carbocycles. The second-order valence-electron chi connectivity index (χ2n) is 0.192. The molecule has 0 rings (SSSR count). The van der Waals surface area contributed by atoms with E-state index < -0.39 is 12.9 Å². The summed E-state index contributed by atoms with van der Waals surface area (Å²) < 4.78 is 0. The molecule has 0 amide bonds. The molecule has 0 aliphatic carbocycles. The van der Waals surface area contributed by atoms with Crippen LogP contribution in [0, 0.1) is 0 Å². The van der Waals surface area contributed by atoms with E-state index in [2.05, 4.69) is 0 Å². The van der Waals surface area contributed by atoms with Crippen molar-refractivity contribution in [1.82, 2.24) is 0 Å². The summed E-state index contributed by atoms with van der Waals surface area (Å²) in [6.45, 7) is -1.00. The monoisotopic (exact) mass is 220 g/mol. The van der Waals surface area contributed by atoms with Gasteiger partial charge in [0.25, 0.3) is 0 Å². The van der Waals surface area contributed by atoms with E-state index in [-0.39, 0.29) is 51.9 Å². The van der Waals surface area contributed by atoms with Crippen molar-refractivity contribution in [2.24, 2.45) is 0 Å². The summed E-state index contributed by atoms with van der Waals surface area (Å²) in [6.07, 6.45) is 0. The van der Waals surface area contributed by atoms with Gasteiger partial charge in [0, 0.05) is 12.9 Å². The number of hydrogen-bond acceptors (Lipinski definition) is 4. The summed E-state index contributed by atoms with van der Waals surface area (Å²) in [6, 6.07) is 0. The molecule has 0 aliphatic heterocycles. The van der Waals surface area contributed by atoms with Gasteiger partial charge in [-0.05, 0) is 0 Å². The predicted octanol–water partition coefficient (Wildman–Crippen LogP) is -6.27. The molecule has 46 valence electrons. The molecule has 0 aromatic rings. The zero-order valence-corrected chi connectivity index (χ0v) is 7.57. The van der Waals surface area contributed by atoms with E-state index in [1.165, 1.54) is 0 Å². The fourth-order valence-corrected chi connectivity index (χ4v) is 0. The van der Waals surface area contributed by atoms with Gasteiger partial charge >= 0.3 is 51.9 Å². The van der Waals surface area contributed by atoms with Gasteiger partial charge in [-0.25, -0.2) is 0 Å². The average Bonchev–Trinajstić information content (AvgIpc) is 1.39. The van der Waals surface area contributed by atoms with Crippen molar-refractivity contribution in [3.8, 4) is 0 Å². The molecule has 0 spiro atoms. The van der Waals surface area contributed by atoms with E-state index in [1.807, 2.05) is 0 Å². The summed E-state index contributed by atoms with van der Waals surface area (Å²) in [4.78, 5) is 16.5. The van der Waals surface area contributed by atoms with Gasteiger partial charge in [-0.2, -0.15) is 0 Å². The minimum Gasteiger partial charge on any atom is -0.554 e. The number of carbonyl (C=O) groups excluding carboxylic acids is 2. The average molecular weight is 221 g/mol. The standard InChI is InChI=1S/2CH2O2.Ag.Na/c2*2-1-3;;/h2*1H,(H,2,3);;/q;;2*+1/p-2. The molecular weight excluding hydrogens is 219 g/mol.